The minimum atomic E-state index is -3.41. The summed E-state index contributed by atoms with van der Waals surface area (Å²) in [7, 11) is -3.41. The molecule has 0 bridgehead atoms. The predicted octanol–water partition coefficient (Wildman–Crippen LogP) is 0.960. The maximum absolute atomic E-state index is 12.3. The van der Waals surface area contributed by atoms with E-state index in [-0.39, 0.29) is 6.04 Å². The molecule has 17 heavy (non-hydrogen) atoms. The van der Waals surface area contributed by atoms with Crippen LogP contribution in [0.15, 0.2) is 0 Å². The van der Waals surface area contributed by atoms with E-state index in [9.17, 15) is 8.42 Å². The zero-order valence-corrected chi connectivity index (χ0v) is 12.6. The number of hydrogen-bond acceptors (Lipinski definition) is 3. The molecular weight excluding hydrogens is 258 g/mol. The van der Waals surface area contributed by atoms with Crippen LogP contribution in [-0.2, 0) is 10.2 Å². The zero-order valence-electron chi connectivity index (χ0n) is 11.0. The van der Waals surface area contributed by atoms with Gasteiger partial charge in [0, 0.05) is 32.1 Å². The molecule has 0 aromatic heterocycles. The van der Waals surface area contributed by atoms with Crippen molar-refractivity contribution in [2.75, 3.05) is 19.6 Å². The van der Waals surface area contributed by atoms with Crippen molar-refractivity contribution >= 4 is 27.4 Å². The monoisotopic (exact) mass is 281 g/mol. The molecule has 102 valence electrons. The molecule has 0 spiro atoms. The van der Waals surface area contributed by atoms with E-state index in [2.05, 4.69) is 0 Å². The number of thiocarbonyl (C=S) groups is 1. The highest BCUT2D eigenvalue weighted by Gasteiger charge is 2.29. The van der Waals surface area contributed by atoms with E-state index in [0.717, 1.165) is 0 Å². The van der Waals surface area contributed by atoms with Crippen LogP contribution >= 0.6 is 12.2 Å². The van der Waals surface area contributed by atoms with E-state index in [4.69, 9.17) is 18.0 Å². The quantitative estimate of drug-likeness (QED) is 0.673. The summed E-state index contributed by atoms with van der Waals surface area (Å²) in [6.45, 7) is 8.62. The molecule has 0 heterocycles. The lowest BCUT2D eigenvalue weighted by Gasteiger charge is -2.31. The van der Waals surface area contributed by atoms with E-state index in [0.29, 0.717) is 31.0 Å². The molecular formula is C10H23N3O2S2. The Labute approximate surface area is 110 Å². The van der Waals surface area contributed by atoms with Crippen LogP contribution in [0.1, 0.15) is 34.1 Å². The van der Waals surface area contributed by atoms with Crippen molar-refractivity contribution in [3.05, 3.63) is 0 Å². The van der Waals surface area contributed by atoms with Crippen LogP contribution in [0.2, 0.25) is 0 Å². The van der Waals surface area contributed by atoms with Gasteiger partial charge in [-0.15, -0.1) is 0 Å². The Balaban J connectivity index is 4.97. The average molecular weight is 281 g/mol. The molecule has 0 radical (unpaired) electrons. The van der Waals surface area contributed by atoms with E-state index >= 15 is 0 Å². The molecule has 0 amide bonds. The van der Waals surface area contributed by atoms with Gasteiger partial charge in [-0.1, -0.05) is 26.1 Å². The van der Waals surface area contributed by atoms with Crippen LogP contribution in [0.25, 0.3) is 0 Å². The molecule has 2 N–H and O–H groups in total. The van der Waals surface area contributed by atoms with Gasteiger partial charge in [0.25, 0.3) is 10.2 Å². The van der Waals surface area contributed by atoms with Crippen molar-refractivity contribution < 1.29 is 8.42 Å². The maximum atomic E-state index is 12.3. The third-order valence-electron chi connectivity index (χ3n) is 2.48. The maximum Gasteiger partial charge on any atom is 0.282 e. The second kappa shape index (κ2) is 7.25. The fraction of sp³-hybridized carbons (Fsp3) is 0.900. The number of rotatable bonds is 8. The SMILES string of the molecule is CCN(CC)S(=O)(=O)N(CCC(N)=S)C(C)C. The summed E-state index contributed by atoms with van der Waals surface area (Å²) < 4.78 is 27.5. The Bertz CT molecular complexity index is 337. The Morgan fingerprint density at radius 2 is 1.76 bits per heavy atom. The van der Waals surface area contributed by atoms with Crippen LogP contribution < -0.4 is 5.73 Å². The van der Waals surface area contributed by atoms with Gasteiger partial charge in [-0.2, -0.15) is 17.0 Å². The summed E-state index contributed by atoms with van der Waals surface area (Å²) in [6.07, 6.45) is 0.411. The molecule has 0 aliphatic rings. The van der Waals surface area contributed by atoms with Crippen molar-refractivity contribution in [3.8, 4) is 0 Å². The van der Waals surface area contributed by atoms with E-state index < -0.39 is 10.2 Å². The summed E-state index contributed by atoms with van der Waals surface area (Å²) in [5, 5.41) is 0. The number of nitrogens with zero attached hydrogens (tertiary/aromatic N) is 2. The fourth-order valence-corrected chi connectivity index (χ4v) is 3.45. The number of nitrogens with two attached hydrogens (primary N) is 1. The summed E-state index contributed by atoms with van der Waals surface area (Å²) in [4.78, 5) is 0.338. The summed E-state index contributed by atoms with van der Waals surface area (Å²) in [5.74, 6) is 0. The first-order valence-corrected chi connectivity index (χ1v) is 7.63. The molecule has 0 aromatic rings. The Morgan fingerprint density at radius 3 is 2.06 bits per heavy atom. The molecule has 0 atom stereocenters. The minimum Gasteiger partial charge on any atom is -0.393 e. The van der Waals surface area contributed by atoms with Gasteiger partial charge in [0.2, 0.25) is 0 Å². The fourth-order valence-electron chi connectivity index (χ4n) is 1.56. The molecule has 0 aromatic carbocycles. The van der Waals surface area contributed by atoms with Gasteiger partial charge in [-0.25, -0.2) is 0 Å². The van der Waals surface area contributed by atoms with E-state index in [1.54, 1.807) is 0 Å². The Morgan fingerprint density at radius 1 is 1.29 bits per heavy atom. The van der Waals surface area contributed by atoms with E-state index in [1.807, 2.05) is 27.7 Å². The van der Waals surface area contributed by atoms with Crippen LogP contribution in [0.4, 0.5) is 0 Å². The highest BCUT2D eigenvalue weighted by Crippen LogP contribution is 2.12. The van der Waals surface area contributed by atoms with Gasteiger partial charge in [0.15, 0.2) is 0 Å². The lowest BCUT2D eigenvalue weighted by molar-refractivity contribution is 0.316. The largest absolute Gasteiger partial charge is 0.393 e. The first kappa shape index (κ1) is 16.8. The second-order valence-corrected chi connectivity index (χ2v) is 6.42. The van der Waals surface area contributed by atoms with Crippen molar-refractivity contribution in [1.82, 2.24) is 8.61 Å². The Kier molecular flexibility index (Phi) is 7.15. The van der Waals surface area contributed by atoms with Gasteiger partial charge in [-0.3, -0.25) is 0 Å². The molecule has 7 heteroatoms. The van der Waals surface area contributed by atoms with Crippen LogP contribution in [0.3, 0.4) is 0 Å². The standard InChI is InChI=1S/C10H23N3O2S2/c1-5-12(6-2)17(14,15)13(9(3)4)8-7-10(11)16/h9H,5-8H2,1-4H3,(H2,11,16). The smallest absolute Gasteiger partial charge is 0.282 e. The van der Waals surface area contributed by atoms with Crippen molar-refractivity contribution in [1.29, 1.82) is 0 Å². The summed E-state index contributed by atoms with van der Waals surface area (Å²) >= 11 is 4.79. The normalized spacial score (nSPS) is 12.6. The first-order valence-electron chi connectivity index (χ1n) is 5.82. The average Bonchev–Trinajstić information content (AvgIpc) is 2.17. The third kappa shape index (κ3) is 4.87. The lowest BCUT2D eigenvalue weighted by atomic mass is 10.3. The van der Waals surface area contributed by atoms with E-state index in [1.165, 1.54) is 8.61 Å². The molecule has 0 fully saturated rings. The van der Waals surface area contributed by atoms with Gasteiger partial charge >= 0.3 is 0 Å². The molecule has 5 nitrogen and oxygen atoms in total. The van der Waals surface area contributed by atoms with Crippen molar-refractivity contribution in [2.24, 2.45) is 5.73 Å². The third-order valence-corrected chi connectivity index (χ3v) is 5.05. The minimum absolute atomic E-state index is 0.102. The molecule has 0 unspecified atom stereocenters. The van der Waals surface area contributed by atoms with Crippen molar-refractivity contribution in [3.63, 3.8) is 0 Å². The second-order valence-electron chi connectivity index (χ2n) is 4.01. The number of hydrogen-bond donors (Lipinski definition) is 1. The van der Waals surface area contributed by atoms with Gasteiger partial charge < -0.3 is 5.73 Å². The van der Waals surface area contributed by atoms with Crippen molar-refractivity contribution in [2.45, 2.75) is 40.2 Å². The van der Waals surface area contributed by atoms with Crippen LogP contribution in [-0.4, -0.2) is 47.7 Å². The first-order chi connectivity index (χ1) is 7.77. The summed E-state index contributed by atoms with van der Waals surface area (Å²) in [5.41, 5.74) is 5.42. The highest BCUT2D eigenvalue weighted by atomic mass is 32.2. The molecule has 0 aliphatic carbocycles. The van der Waals surface area contributed by atoms with Crippen LogP contribution in [0, 0.1) is 0 Å². The molecule has 0 aliphatic heterocycles. The molecule has 0 saturated carbocycles. The van der Waals surface area contributed by atoms with Crippen LogP contribution in [0.5, 0.6) is 0 Å². The molecule has 0 rings (SSSR count). The van der Waals surface area contributed by atoms with Gasteiger partial charge in [-0.05, 0) is 13.8 Å². The zero-order chi connectivity index (χ0) is 13.6. The highest BCUT2D eigenvalue weighted by molar-refractivity contribution is 7.86. The topological polar surface area (TPSA) is 66.6 Å². The Hall–Kier alpha value is -0.240. The van der Waals surface area contributed by atoms with Gasteiger partial charge in [0.05, 0.1) is 4.99 Å². The predicted molar refractivity (Wildman–Crippen MR) is 75.1 cm³/mol. The molecule has 0 saturated heterocycles. The lowest BCUT2D eigenvalue weighted by Crippen LogP contribution is -2.47. The summed E-state index contributed by atoms with van der Waals surface area (Å²) in [6, 6.07) is -0.102. The van der Waals surface area contributed by atoms with Gasteiger partial charge in [0.1, 0.15) is 0 Å².